The summed E-state index contributed by atoms with van der Waals surface area (Å²) < 4.78 is 10.5. The smallest absolute Gasteiger partial charge is 0.303 e. The first-order chi connectivity index (χ1) is 11.5. The summed E-state index contributed by atoms with van der Waals surface area (Å²) in [5.74, 6) is -1.28. The van der Waals surface area contributed by atoms with Crippen molar-refractivity contribution in [2.75, 3.05) is 6.61 Å². The third kappa shape index (κ3) is 4.97. The molecule has 0 aromatic heterocycles. The lowest BCUT2D eigenvalue weighted by Gasteiger charge is -2.23. The maximum absolute atomic E-state index is 11.3. The molecule has 0 amide bonds. The molecule has 6 nitrogen and oxygen atoms in total. The first kappa shape index (κ1) is 17.8. The molecular formula is C18H20O6. The maximum Gasteiger partial charge on any atom is 0.303 e. The minimum Gasteiger partial charge on any atom is -0.504 e. The van der Waals surface area contributed by atoms with Crippen LogP contribution in [0.15, 0.2) is 48.5 Å². The van der Waals surface area contributed by atoms with E-state index in [4.69, 9.17) is 9.47 Å². The molecule has 6 heteroatoms. The molecule has 24 heavy (non-hydrogen) atoms. The number of aromatic hydroxyl groups is 2. The predicted octanol–water partition coefficient (Wildman–Crippen LogP) is 2.28. The van der Waals surface area contributed by atoms with E-state index < -0.39 is 18.4 Å². The van der Waals surface area contributed by atoms with Crippen molar-refractivity contribution in [2.45, 2.75) is 25.7 Å². The summed E-state index contributed by atoms with van der Waals surface area (Å²) in [5, 5.41) is 29.1. The molecule has 0 fully saturated rings. The van der Waals surface area contributed by atoms with Crippen molar-refractivity contribution in [2.24, 2.45) is 0 Å². The number of carbonyl (C=O) groups excluding carboxylic acids is 1. The van der Waals surface area contributed by atoms with Gasteiger partial charge in [-0.25, -0.2) is 0 Å². The Labute approximate surface area is 139 Å². The third-order valence-electron chi connectivity index (χ3n) is 3.40. The minimum atomic E-state index is -1.40. The van der Waals surface area contributed by atoms with Crippen LogP contribution >= 0.6 is 0 Å². The van der Waals surface area contributed by atoms with Crippen LogP contribution in [0.5, 0.6) is 11.5 Å². The second-order valence-electron chi connectivity index (χ2n) is 5.28. The molecule has 0 aliphatic heterocycles. The van der Waals surface area contributed by atoms with E-state index in [0.29, 0.717) is 12.0 Å². The summed E-state index contributed by atoms with van der Waals surface area (Å²) in [7, 11) is 0. The number of phenols is 2. The zero-order valence-corrected chi connectivity index (χ0v) is 13.3. The Balaban J connectivity index is 2.03. The highest BCUT2D eigenvalue weighted by atomic mass is 16.6. The minimum absolute atomic E-state index is 0.229. The molecular weight excluding hydrogens is 312 g/mol. The summed E-state index contributed by atoms with van der Waals surface area (Å²) in [5.41, 5.74) is 1.36. The van der Waals surface area contributed by atoms with Crippen LogP contribution < -0.4 is 0 Å². The maximum atomic E-state index is 11.3. The molecule has 2 aromatic rings. The van der Waals surface area contributed by atoms with Gasteiger partial charge in [0.05, 0.1) is 6.61 Å². The molecule has 0 heterocycles. The molecule has 0 saturated carbocycles. The van der Waals surface area contributed by atoms with Crippen molar-refractivity contribution in [3.8, 4) is 11.5 Å². The summed E-state index contributed by atoms with van der Waals surface area (Å²) in [6, 6.07) is 13.5. The molecule has 2 rings (SSSR count). The van der Waals surface area contributed by atoms with Gasteiger partial charge in [0, 0.05) is 12.5 Å². The number of benzene rings is 2. The van der Waals surface area contributed by atoms with E-state index in [1.165, 1.54) is 25.1 Å². The highest BCUT2D eigenvalue weighted by Gasteiger charge is 2.26. The Hall–Kier alpha value is -2.57. The fraction of sp³-hybridized carbons (Fsp3) is 0.278. The highest BCUT2D eigenvalue weighted by Crippen LogP contribution is 2.31. The Kier molecular flexibility index (Phi) is 6.17. The quantitative estimate of drug-likeness (QED) is 0.409. The first-order valence-corrected chi connectivity index (χ1v) is 7.50. The second kappa shape index (κ2) is 8.33. The van der Waals surface area contributed by atoms with Gasteiger partial charge in [-0.1, -0.05) is 36.4 Å². The molecule has 128 valence electrons. The van der Waals surface area contributed by atoms with Crippen molar-refractivity contribution in [3.63, 3.8) is 0 Å². The number of carbonyl (C=O) groups is 1. The van der Waals surface area contributed by atoms with Gasteiger partial charge < -0.3 is 24.8 Å². The number of esters is 1. The number of aliphatic hydroxyl groups excluding tert-OH is 1. The predicted molar refractivity (Wildman–Crippen MR) is 86.4 cm³/mol. The van der Waals surface area contributed by atoms with Crippen LogP contribution in [0.2, 0.25) is 0 Å². The van der Waals surface area contributed by atoms with E-state index in [1.54, 1.807) is 0 Å². The van der Waals surface area contributed by atoms with E-state index >= 15 is 0 Å². The Morgan fingerprint density at radius 3 is 2.42 bits per heavy atom. The molecule has 0 saturated heterocycles. The first-order valence-electron chi connectivity index (χ1n) is 7.50. The number of hydrogen-bond donors (Lipinski definition) is 3. The summed E-state index contributed by atoms with van der Waals surface area (Å²) >= 11 is 0. The van der Waals surface area contributed by atoms with Crippen LogP contribution in [-0.2, 0) is 20.7 Å². The van der Waals surface area contributed by atoms with Gasteiger partial charge in [-0.3, -0.25) is 4.79 Å². The summed E-state index contributed by atoms with van der Waals surface area (Å²) in [6.45, 7) is 1.44. The van der Waals surface area contributed by atoms with Crippen LogP contribution in [0.1, 0.15) is 24.2 Å². The third-order valence-corrected chi connectivity index (χ3v) is 3.40. The summed E-state index contributed by atoms with van der Waals surface area (Å²) in [4.78, 5) is 11.3. The number of hydrogen-bond acceptors (Lipinski definition) is 6. The number of aliphatic hydroxyl groups is 1. The number of ether oxygens (including phenoxy) is 2. The van der Waals surface area contributed by atoms with Crippen molar-refractivity contribution in [1.82, 2.24) is 0 Å². The van der Waals surface area contributed by atoms with E-state index in [2.05, 4.69) is 0 Å². The molecule has 3 N–H and O–H groups in total. The van der Waals surface area contributed by atoms with Crippen LogP contribution in [0.4, 0.5) is 0 Å². The topological polar surface area (TPSA) is 96.2 Å². The Morgan fingerprint density at radius 2 is 1.79 bits per heavy atom. The molecule has 0 bridgehead atoms. The van der Waals surface area contributed by atoms with Gasteiger partial charge in [0.2, 0.25) is 0 Å². The zero-order valence-electron chi connectivity index (χ0n) is 13.3. The van der Waals surface area contributed by atoms with Gasteiger partial charge in [0.15, 0.2) is 23.9 Å². The van der Waals surface area contributed by atoms with Crippen LogP contribution in [0.25, 0.3) is 0 Å². The normalized spacial score (nSPS) is 13.2. The highest BCUT2D eigenvalue weighted by molar-refractivity contribution is 5.66. The van der Waals surface area contributed by atoms with Crippen molar-refractivity contribution < 1.29 is 29.6 Å². The van der Waals surface area contributed by atoms with E-state index in [-0.39, 0.29) is 18.1 Å². The van der Waals surface area contributed by atoms with Gasteiger partial charge >= 0.3 is 5.97 Å². The van der Waals surface area contributed by atoms with Gasteiger partial charge in [0.1, 0.15) is 0 Å². The van der Waals surface area contributed by atoms with Crippen molar-refractivity contribution >= 4 is 5.97 Å². The standard InChI is InChI=1S/C18H20O6/c1-12(19)24-17(14-7-8-15(20)16(21)11-14)18(22)23-10-9-13-5-3-2-4-6-13/h2-8,11,17-18,20-22H,9-10H2,1H3. The van der Waals surface area contributed by atoms with Crippen LogP contribution in [-0.4, -0.2) is 34.2 Å². The molecule has 0 aliphatic carbocycles. The van der Waals surface area contributed by atoms with E-state index in [9.17, 15) is 20.1 Å². The van der Waals surface area contributed by atoms with E-state index in [0.717, 1.165) is 5.56 Å². The molecule has 0 spiro atoms. The fourth-order valence-electron chi connectivity index (χ4n) is 2.22. The van der Waals surface area contributed by atoms with Crippen molar-refractivity contribution in [1.29, 1.82) is 0 Å². The van der Waals surface area contributed by atoms with Gasteiger partial charge in [0.25, 0.3) is 0 Å². The largest absolute Gasteiger partial charge is 0.504 e. The zero-order chi connectivity index (χ0) is 17.5. The van der Waals surface area contributed by atoms with Crippen LogP contribution in [0, 0.1) is 0 Å². The SMILES string of the molecule is CC(=O)OC(c1ccc(O)c(O)c1)C(O)OCCc1ccccc1. The lowest BCUT2D eigenvalue weighted by atomic mass is 10.1. The van der Waals surface area contributed by atoms with Gasteiger partial charge in [-0.15, -0.1) is 0 Å². The Morgan fingerprint density at radius 1 is 1.08 bits per heavy atom. The lowest BCUT2D eigenvalue weighted by Crippen LogP contribution is -2.26. The molecule has 2 aromatic carbocycles. The lowest BCUT2D eigenvalue weighted by molar-refractivity contribution is -0.190. The molecule has 2 unspecified atom stereocenters. The van der Waals surface area contributed by atoms with Crippen molar-refractivity contribution in [3.05, 3.63) is 59.7 Å². The molecule has 2 atom stereocenters. The average Bonchev–Trinajstić information content (AvgIpc) is 2.56. The second-order valence-corrected chi connectivity index (χ2v) is 5.28. The summed E-state index contributed by atoms with van der Waals surface area (Å²) in [6.07, 6.45) is -1.92. The van der Waals surface area contributed by atoms with E-state index in [1.807, 2.05) is 30.3 Å². The van der Waals surface area contributed by atoms with Gasteiger partial charge in [-0.05, 0) is 24.1 Å². The fourth-order valence-corrected chi connectivity index (χ4v) is 2.22. The van der Waals surface area contributed by atoms with Gasteiger partial charge in [-0.2, -0.15) is 0 Å². The monoisotopic (exact) mass is 332 g/mol. The molecule has 0 radical (unpaired) electrons. The average molecular weight is 332 g/mol. The number of phenolic OH excluding ortho intramolecular Hbond substituents is 2. The number of rotatable bonds is 7. The molecule has 0 aliphatic rings. The Bertz CT molecular complexity index is 670. The van der Waals surface area contributed by atoms with Crippen LogP contribution in [0.3, 0.4) is 0 Å².